The Labute approximate surface area is 116 Å². The second kappa shape index (κ2) is 5.32. The first kappa shape index (κ1) is 12.8. The van der Waals surface area contributed by atoms with Gasteiger partial charge in [0, 0.05) is 27.4 Å². The van der Waals surface area contributed by atoms with Crippen LogP contribution in [0.15, 0.2) is 41.0 Å². The largest absolute Gasteiger partial charge is 0.334 e. The van der Waals surface area contributed by atoms with Gasteiger partial charge >= 0.3 is 5.69 Å². The molecule has 1 aromatic carbocycles. The van der Waals surface area contributed by atoms with Gasteiger partial charge in [0.1, 0.15) is 0 Å². The average Bonchev–Trinajstić information content (AvgIpc) is 2.31. The summed E-state index contributed by atoms with van der Waals surface area (Å²) >= 11 is 8.98. The normalized spacial score (nSPS) is 10.1. The van der Waals surface area contributed by atoms with Crippen molar-refractivity contribution in [2.24, 2.45) is 0 Å². The predicted molar refractivity (Wildman–Crippen MR) is 73.3 cm³/mol. The number of nitrogens with one attached hydrogen (secondary N) is 1. The lowest BCUT2D eigenvalue weighted by Crippen LogP contribution is -1.99. The van der Waals surface area contributed by atoms with Crippen LogP contribution in [0, 0.1) is 10.1 Å². The maximum absolute atomic E-state index is 10.9. The van der Waals surface area contributed by atoms with Gasteiger partial charge in [-0.2, -0.15) is 0 Å². The van der Waals surface area contributed by atoms with E-state index < -0.39 is 4.92 Å². The Bertz CT molecular complexity index is 607. The zero-order valence-electron chi connectivity index (χ0n) is 8.93. The molecule has 92 valence electrons. The molecule has 0 unspecified atom stereocenters. The molecule has 2 rings (SSSR count). The van der Waals surface area contributed by atoms with Crippen LogP contribution in [0.25, 0.3) is 0 Å². The van der Waals surface area contributed by atoms with Crippen molar-refractivity contribution in [2.45, 2.75) is 0 Å². The Morgan fingerprint density at radius 2 is 2.17 bits per heavy atom. The monoisotopic (exact) mass is 327 g/mol. The van der Waals surface area contributed by atoms with Gasteiger partial charge in [0.2, 0.25) is 5.82 Å². The molecule has 1 N–H and O–H groups in total. The molecule has 2 aromatic rings. The number of anilines is 2. The third-order valence-electron chi connectivity index (χ3n) is 2.12. The van der Waals surface area contributed by atoms with Crippen LogP contribution in [0.4, 0.5) is 17.2 Å². The summed E-state index contributed by atoms with van der Waals surface area (Å²) in [6.45, 7) is 0. The SMILES string of the molecule is O=[N+]([O-])c1cc(Br)cnc1Nc1cccc(Cl)c1. The van der Waals surface area contributed by atoms with E-state index in [9.17, 15) is 10.1 Å². The number of aromatic nitrogens is 1. The molecule has 7 heteroatoms. The molecule has 0 aliphatic heterocycles. The number of nitro groups is 1. The molecule has 0 aliphatic rings. The van der Waals surface area contributed by atoms with Gasteiger partial charge in [0.15, 0.2) is 0 Å². The smallest absolute Gasteiger partial charge is 0.312 e. The lowest BCUT2D eigenvalue weighted by atomic mass is 10.3. The highest BCUT2D eigenvalue weighted by Crippen LogP contribution is 2.28. The second-order valence-corrected chi connectivity index (χ2v) is 4.77. The maximum atomic E-state index is 10.9. The summed E-state index contributed by atoms with van der Waals surface area (Å²) in [6.07, 6.45) is 1.49. The molecule has 0 spiro atoms. The fourth-order valence-electron chi connectivity index (χ4n) is 1.37. The van der Waals surface area contributed by atoms with Crippen LogP contribution in [-0.2, 0) is 0 Å². The number of hydrogen-bond acceptors (Lipinski definition) is 4. The van der Waals surface area contributed by atoms with E-state index in [2.05, 4.69) is 26.2 Å². The molecule has 0 amide bonds. The number of nitrogens with zero attached hydrogens (tertiary/aromatic N) is 2. The van der Waals surface area contributed by atoms with Crippen LogP contribution in [-0.4, -0.2) is 9.91 Å². The van der Waals surface area contributed by atoms with E-state index in [1.165, 1.54) is 12.3 Å². The number of hydrogen-bond donors (Lipinski definition) is 1. The molecule has 0 bridgehead atoms. The molecule has 1 heterocycles. The van der Waals surface area contributed by atoms with Crippen LogP contribution in [0.5, 0.6) is 0 Å². The highest BCUT2D eigenvalue weighted by atomic mass is 79.9. The summed E-state index contributed by atoms with van der Waals surface area (Å²) in [5.74, 6) is 0.172. The molecule has 5 nitrogen and oxygen atoms in total. The van der Waals surface area contributed by atoms with Crippen LogP contribution >= 0.6 is 27.5 Å². The Kier molecular flexibility index (Phi) is 3.78. The van der Waals surface area contributed by atoms with Gasteiger partial charge in [-0.05, 0) is 34.1 Å². The lowest BCUT2D eigenvalue weighted by molar-refractivity contribution is -0.384. The van der Waals surface area contributed by atoms with Crippen LogP contribution in [0.3, 0.4) is 0 Å². The van der Waals surface area contributed by atoms with Gasteiger partial charge in [-0.3, -0.25) is 10.1 Å². The summed E-state index contributed by atoms with van der Waals surface area (Å²) in [5.41, 5.74) is 0.532. The lowest BCUT2D eigenvalue weighted by Gasteiger charge is -2.06. The number of pyridine rings is 1. The number of rotatable bonds is 3. The third-order valence-corrected chi connectivity index (χ3v) is 2.79. The van der Waals surface area contributed by atoms with E-state index in [4.69, 9.17) is 11.6 Å². The van der Waals surface area contributed by atoms with Crippen molar-refractivity contribution < 1.29 is 4.92 Å². The molecule has 1 aromatic heterocycles. The zero-order valence-corrected chi connectivity index (χ0v) is 11.3. The van der Waals surface area contributed by atoms with E-state index in [-0.39, 0.29) is 11.5 Å². The van der Waals surface area contributed by atoms with Crippen molar-refractivity contribution in [3.8, 4) is 0 Å². The molecule has 0 saturated heterocycles. The first-order chi connectivity index (χ1) is 8.56. The highest BCUT2D eigenvalue weighted by molar-refractivity contribution is 9.10. The molecule has 0 saturated carbocycles. The fourth-order valence-corrected chi connectivity index (χ4v) is 1.88. The van der Waals surface area contributed by atoms with Crippen molar-refractivity contribution in [1.82, 2.24) is 4.98 Å². The molecular formula is C11H7BrClN3O2. The number of halogens is 2. The molecule has 18 heavy (non-hydrogen) atoms. The van der Waals surface area contributed by atoms with Crippen molar-refractivity contribution in [1.29, 1.82) is 0 Å². The van der Waals surface area contributed by atoms with Gasteiger partial charge in [0.25, 0.3) is 0 Å². The van der Waals surface area contributed by atoms with Crippen molar-refractivity contribution in [3.63, 3.8) is 0 Å². The third kappa shape index (κ3) is 2.96. The van der Waals surface area contributed by atoms with Crippen molar-refractivity contribution in [3.05, 3.63) is 56.1 Å². The summed E-state index contributed by atoms with van der Waals surface area (Å²) < 4.78 is 0.547. The van der Waals surface area contributed by atoms with Gasteiger partial charge < -0.3 is 5.32 Å². The minimum atomic E-state index is -0.495. The Balaban J connectivity index is 2.37. The minimum Gasteiger partial charge on any atom is -0.334 e. The summed E-state index contributed by atoms with van der Waals surface area (Å²) in [7, 11) is 0. The van der Waals surface area contributed by atoms with Gasteiger partial charge in [0.05, 0.1) is 4.92 Å². The molecule has 0 atom stereocenters. The summed E-state index contributed by atoms with van der Waals surface area (Å²) in [6, 6.07) is 8.26. The topological polar surface area (TPSA) is 68.1 Å². The van der Waals surface area contributed by atoms with Gasteiger partial charge in [-0.1, -0.05) is 17.7 Å². The number of benzene rings is 1. The van der Waals surface area contributed by atoms with E-state index in [0.717, 1.165) is 0 Å². The average molecular weight is 329 g/mol. The van der Waals surface area contributed by atoms with E-state index in [0.29, 0.717) is 15.2 Å². The van der Waals surface area contributed by atoms with E-state index >= 15 is 0 Å². The molecule has 0 aliphatic carbocycles. The predicted octanol–water partition coefficient (Wildman–Crippen LogP) is 4.15. The first-order valence-corrected chi connectivity index (χ1v) is 6.06. The van der Waals surface area contributed by atoms with Crippen LogP contribution < -0.4 is 5.32 Å². The van der Waals surface area contributed by atoms with Crippen molar-refractivity contribution >= 4 is 44.7 Å². The molecule has 0 radical (unpaired) electrons. The standard InChI is InChI=1S/C11H7BrClN3O2/c12-7-4-10(16(17)18)11(14-6-7)15-9-3-1-2-8(13)5-9/h1-6H,(H,14,15). The summed E-state index contributed by atoms with van der Waals surface area (Å²) in [4.78, 5) is 14.4. The first-order valence-electron chi connectivity index (χ1n) is 4.89. The Hall–Kier alpha value is -1.66. The van der Waals surface area contributed by atoms with E-state index in [1.54, 1.807) is 24.3 Å². The Morgan fingerprint density at radius 1 is 1.39 bits per heavy atom. The maximum Gasteiger partial charge on any atom is 0.312 e. The minimum absolute atomic E-state index is 0.107. The highest BCUT2D eigenvalue weighted by Gasteiger charge is 2.15. The van der Waals surface area contributed by atoms with Crippen LogP contribution in [0.1, 0.15) is 0 Å². The Morgan fingerprint density at radius 3 is 2.83 bits per heavy atom. The van der Waals surface area contributed by atoms with Gasteiger partial charge in [-0.15, -0.1) is 0 Å². The molecular weight excluding hydrogens is 321 g/mol. The van der Waals surface area contributed by atoms with Gasteiger partial charge in [-0.25, -0.2) is 4.98 Å². The summed E-state index contributed by atoms with van der Waals surface area (Å²) in [5, 5.41) is 14.3. The fraction of sp³-hybridized carbons (Fsp3) is 0. The van der Waals surface area contributed by atoms with E-state index in [1.807, 2.05) is 0 Å². The second-order valence-electron chi connectivity index (χ2n) is 3.41. The zero-order chi connectivity index (χ0) is 13.1. The molecule has 0 fully saturated rings. The van der Waals surface area contributed by atoms with Crippen molar-refractivity contribution in [2.75, 3.05) is 5.32 Å². The quantitative estimate of drug-likeness (QED) is 0.679. The van der Waals surface area contributed by atoms with Crippen LogP contribution in [0.2, 0.25) is 5.02 Å².